The van der Waals surface area contributed by atoms with Crippen molar-refractivity contribution < 1.29 is 18.4 Å². The van der Waals surface area contributed by atoms with E-state index in [1.54, 1.807) is 6.92 Å². The molecule has 0 saturated carbocycles. The number of dihydropyridines is 1. The van der Waals surface area contributed by atoms with Crippen LogP contribution in [-0.4, -0.2) is 25.8 Å². The van der Waals surface area contributed by atoms with Crippen molar-refractivity contribution in [1.29, 1.82) is 0 Å². The molecule has 0 saturated heterocycles. The van der Waals surface area contributed by atoms with Crippen LogP contribution in [0.15, 0.2) is 95.3 Å². The maximum absolute atomic E-state index is 14.4. The first-order chi connectivity index (χ1) is 18.2. The molecule has 0 fully saturated rings. The molecule has 3 aromatic rings. The topological polar surface area (TPSA) is 61.4 Å². The van der Waals surface area contributed by atoms with E-state index in [2.05, 4.69) is 10.6 Å². The highest BCUT2D eigenvalue weighted by Gasteiger charge is 2.41. The Balaban J connectivity index is 1.58. The lowest BCUT2D eigenvalue weighted by atomic mass is 9.71. The number of amides is 1. The van der Waals surface area contributed by atoms with Gasteiger partial charge in [0.1, 0.15) is 17.3 Å². The molecule has 5 nitrogen and oxygen atoms in total. The van der Waals surface area contributed by atoms with E-state index in [1.165, 1.54) is 6.07 Å². The number of benzene rings is 3. The summed E-state index contributed by atoms with van der Waals surface area (Å²) in [6, 6.07) is 21.0. The molecule has 7 heteroatoms. The predicted molar refractivity (Wildman–Crippen MR) is 145 cm³/mol. The standard InChI is InChI=1S/C31H29F2N3O2/c1-18-27(31(38)35-30-23(32)10-7-11-24(30)33)28(20-12-14-22(15-13-20)36(2)3)29-25(34-18)16-21(17-26(29)37)19-8-5-4-6-9-19/h4-15,21,28,34H,16-17H2,1-3H3,(H,35,38). The highest BCUT2D eigenvalue weighted by molar-refractivity contribution is 6.10. The number of halogens is 2. The average Bonchev–Trinajstić information content (AvgIpc) is 2.90. The van der Waals surface area contributed by atoms with Crippen molar-refractivity contribution in [2.24, 2.45) is 0 Å². The zero-order chi connectivity index (χ0) is 27.0. The van der Waals surface area contributed by atoms with E-state index in [4.69, 9.17) is 0 Å². The van der Waals surface area contributed by atoms with Crippen molar-refractivity contribution in [1.82, 2.24) is 5.32 Å². The summed E-state index contributed by atoms with van der Waals surface area (Å²) in [7, 11) is 3.86. The number of Topliss-reactive ketones (excluding diaryl/α,β-unsaturated/α-hetero) is 1. The van der Waals surface area contributed by atoms with Crippen LogP contribution in [0.2, 0.25) is 0 Å². The molecule has 1 heterocycles. The van der Waals surface area contributed by atoms with Gasteiger partial charge < -0.3 is 15.5 Å². The monoisotopic (exact) mass is 513 g/mol. The average molecular weight is 514 g/mol. The Bertz CT molecular complexity index is 1440. The maximum Gasteiger partial charge on any atom is 0.254 e. The first-order valence-electron chi connectivity index (χ1n) is 12.6. The third-order valence-corrected chi connectivity index (χ3v) is 7.29. The van der Waals surface area contributed by atoms with Crippen molar-refractivity contribution in [3.63, 3.8) is 0 Å². The molecular weight excluding hydrogens is 484 g/mol. The summed E-state index contributed by atoms with van der Waals surface area (Å²) in [5.74, 6) is -3.11. The molecule has 1 aliphatic carbocycles. The van der Waals surface area contributed by atoms with Crippen molar-refractivity contribution >= 4 is 23.1 Å². The lowest BCUT2D eigenvalue weighted by molar-refractivity contribution is -0.116. The number of rotatable bonds is 5. The Kier molecular flexibility index (Phi) is 6.85. The zero-order valence-corrected chi connectivity index (χ0v) is 21.5. The molecule has 2 unspecified atom stereocenters. The second-order valence-corrected chi connectivity index (χ2v) is 9.96. The number of anilines is 2. The third-order valence-electron chi connectivity index (χ3n) is 7.29. The fraction of sp³-hybridized carbons (Fsp3) is 0.226. The Morgan fingerprint density at radius 1 is 0.895 bits per heavy atom. The highest BCUT2D eigenvalue weighted by Crippen LogP contribution is 2.46. The number of allylic oxidation sites excluding steroid dienone is 3. The molecule has 5 rings (SSSR count). The van der Waals surface area contributed by atoms with E-state index in [0.29, 0.717) is 24.1 Å². The van der Waals surface area contributed by atoms with Gasteiger partial charge in [0.25, 0.3) is 5.91 Å². The van der Waals surface area contributed by atoms with Crippen LogP contribution >= 0.6 is 0 Å². The van der Waals surface area contributed by atoms with Gasteiger partial charge in [0.05, 0.1) is 0 Å². The summed E-state index contributed by atoms with van der Waals surface area (Å²) in [6.45, 7) is 1.76. The zero-order valence-electron chi connectivity index (χ0n) is 21.5. The van der Waals surface area contributed by atoms with Crippen LogP contribution in [-0.2, 0) is 9.59 Å². The molecule has 38 heavy (non-hydrogen) atoms. The van der Waals surface area contributed by atoms with Gasteiger partial charge in [-0.15, -0.1) is 0 Å². The van der Waals surface area contributed by atoms with Crippen LogP contribution in [0, 0.1) is 11.6 Å². The van der Waals surface area contributed by atoms with Crippen LogP contribution in [0.3, 0.4) is 0 Å². The Morgan fingerprint density at radius 3 is 2.18 bits per heavy atom. The summed E-state index contributed by atoms with van der Waals surface area (Å²) in [5.41, 5.74) is 4.41. The van der Waals surface area contributed by atoms with Gasteiger partial charge in [-0.1, -0.05) is 48.5 Å². The number of ketones is 1. The van der Waals surface area contributed by atoms with Gasteiger partial charge in [-0.05, 0) is 54.7 Å². The van der Waals surface area contributed by atoms with Crippen LogP contribution < -0.4 is 15.5 Å². The first-order valence-corrected chi connectivity index (χ1v) is 12.6. The molecule has 0 spiro atoms. The van der Waals surface area contributed by atoms with E-state index < -0.39 is 29.1 Å². The number of carbonyl (C=O) groups is 2. The van der Waals surface area contributed by atoms with Crippen molar-refractivity contribution in [2.75, 3.05) is 24.3 Å². The van der Waals surface area contributed by atoms with Gasteiger partial charge >= 0.3 is 0 Å². The minimum absolute atomic E-state index is 0.0161. The van der Waals surface area contributed by atoms with Gasteiger partial charge in [-0.25, -0.2) is 8.78 Å². The van der Waals surface area contributed by atoms with Crippen LogP contribution in [0.25, 0.3) is 0 Å². The largest absolute Gasteiger partial charge is 0.378 e. The molecule has 3 aromatic carbocycles. The molecule has 1 aliphatic heterocycles. The number of carbonyl (C=O) groups excluding carboxylic acids is 2. The molecular formula is C31H29F2N3O2. The van der Waals surface area contributed by atoms with E-state index >= 15 is 0 Å². The molecule has 194 valence electrons. The first kappa shape index (κ1) is 25.4. The SMILES string of the molecule is CC1=C(C(=O)Nc2c(F)cccc2F)C(c2ccc(N(C)C)cc2)C2=C(CC(c3ccccc3)CC2=O)N1. The number of hydrogen-bond donors (Lipinski definition) is 2. The summed E-state index contributed by atoms with van der Waals surface area (Å²) < 4.78 is 28.8. The molecule has 0 aromatic heterocycles. The Morgan fingerprint density at radius 2 is 1.55 bits per heavy atom. The Hall–Kier alpha value is -4.26. The van der Waals surface area contributed by atoms with Crippen molar-refractivity contribution in [3.05, 3.63) is 118 Å². The summed E-state index contributed by atoms with van der Waals surface area (Å²) in [4.78, 5) is 29.3. The summed E-state index contributed by atoms with van der Waals surface area (Å²) >= 11 is 0. The van der Waals surface area contributed by atoms with Gasteiger partial charge in [0, 0.05) is 54.7 Å². The lowest BCUT2D eigenvalue weighted by Crippen LogP contribution is -2.37. The van der Waals surface area contributed by atoms with E-state index in [0.717, 1.165) is 34.6 Å². The van der Waals surface area contributed by atoms with Crippen LogP contribution in [0.4, 0.5) is 20.2 Å². The second-order valence-electron chi connectivity index (χ2n) is 9.96. The normalized spacial score (nSPS) is 19.1. The highest BCUT2D eigenvalue weighted by atomic mass is 19.1. The molecule has 1 amide bonds. The number of nitrogens with zero attached hydrogens (tertiary/aromatic N) is 1. The summed E-state index contributed by atoms with van der Waals surface area (Å²) in [5, 5.41) is 5.73. The Labute approximate surface area is 220 Å². The van der Waals surface area contributed by atoms with Gasteiger partial charge in [-0.3, -0.25) is 9.59 Å². The van der Waals surface area contributed by atoms with Gasteiger partial charge in [0.15, 0.2) is 5.78 Å². The van der Waals surface area contributed by atoms with E-state index in [1.807, 2.05) is 73.6 Å². The molecule has 2 N–H and O–H groups in total. The van der Waals surface area contributed by atoms with E-state index in [-0.39, 0.29) is 17.3 Å². The third kappa shape index (κ3) is 4.72. The number of para-hydroxylation sites is 1. The minimum atomic E-state index is -0.869. The maximum atomic E-state index is 14.4. The molecule has 2 aliphatic rings. The van der Waals surface area contributed by atoms with Crippen LogP contribution in [0.5, 0.6) is 0 Å². The number of nitrogens with one attached hydrogen (secondary N) is 2. The molecule has 2 atom stereocenters. The fourth-order valence-electron chi connectivity index (χ4n) is 5.40. The quantitative estimate of drug-likeness (QED) is 0.437. The van der Waals surface area contributed by atoms with E-state index in [9.17, 15) is 18.4 Å². The van der Waals surface area contributed by atoms with Crippen molar-refractivity contribution in [3.8, 4) is 0 Å². The van der Waals surface area contributed by atoms with Gasteiger partial charge in [0.2, 0.25) is 0 Å². The van der Waals surface area contributed by atoms with Crippen LogP contribution in [0.1, 0.15) is 42.7 Å². The number of hydrogen-bond acceptors (Lipinski definition) is 4. The predicted octanol–water partition coefficient (Wildman–Crippen LogP) is 6.03. The minimum Gasteiger partial charge on any atom is -0.378 e. The lowest BCUT2D eigenvalue weighted by Gasteiger charge is -2.37. The van der Waals surface area contributed by atoms with Gasteiger partial charge in [-0.2, -0.15) is 0 Å². The molecule has 0 radical (unpaired) electrons. The summed E-state index contributed by atoms with van der Waals surface area (Å²) in [6.07, 6.45) is 0.929. The smallest absolute Gasteiger partial charge is 0.254 e. The van der Waals surface area contributed by atoms with Crippen molar-refractivity contribution in [2.45, 2.75) is 31.6 Å². The fourth-order valence-corrected chi connectivity index (χ4v) is 5.40. The molecule has 0 bridgehead atoms. The second kappa shape index (κ2) is 10.2.